The Balaban J connectivity index is 3.36. The largest absolute Gasteiger partial charge is 0.394 e. The molecule has 71 heavy (non-hydrogen) atoms. The van der Waals surface area contributed by atoms with Crippen molar-refractivity contribution in [2.24, 2.45) is 0 Å². The van der Waals surface area contributed by atoms with Gasteiger partial charge in [-0.2, -0.15) is 0 Å². The minimum Gasteiger partial charge on any atom is -0.394 e. The Hall–Kier alpha value is -0.870. The molecule has 0 aliphatic rings. The van der Waals surface area contributed by atoms with Gasteiger partial charge < -0.3 is 15.5 Å². The Labute approximate surface area is 447 Å². The SMILES string of the molecule is CCCCCCCCCCCCCCCCCCCC/C=C/C(O)C(CO)NC(=O)CCCCCCCCCCCCCCCCCCCCCCCCCCCCCCCCCCCCCCCCC. The fraction of sp³-hybridized carbons (Fsp3) is 0.955. The number of carbonyl (C=O) groups is 1. The van der Waals surface area contributed by atoms with Gasteiger partial charge in [-0.25, -0.2) is 0 Å². The van der Waals surface area contributed by atoms with Gasteiger partial charge >= 0.3 is 0 Å². The Morgan fingerprint density at radius 2 is 0.521 bits per heavy atom. The van der Waals surface area contributed by atoms with Gasteiger partial charge in [0.15, 0.2) is 0 Å². The Morgan fingerprint density at radius 1 is 0.324 bits per heavy atom. The second-order valence-electron chi connectivity index (χ2n) is 23.3. The van der Waals surface area contributed by atoms with E-state index in [0.29, 0.717) is 6.42 Å². The number of hydrogen-bond acceptors (Lipinski definition) is 3. The molecule has 2 unspecified atom stereocenters. The normalized spacial score (nSPS) is 12.7. The molecule has 0 saturated heterocycles. The van der Waals surface area contributed by atoms with E-state index in [2.05, 4.69) is 19.2 Å². The number of aliphatic hydroxyl groups excluding tert-OH is 2. The van der Waals surface area contributed by atoms with E-state index < -0.39 is 12.1 Å². The summed E-state index contributed by atoms with van der Waals surface area (Å²) in [6.07, 6.45) is 84.4. The number of amides is 1. The standard InChI is InChI=1S/C67H133NO3/c1-3-5-7-9-11-13-15-17-19-21-23-25-26-27-28-29-30-31-32-33-34-35-36-37-38-39-40-41-42-43-45-47-49-51-53-55-57-59-61-63-67(71)68-65(64-69)66(70)62-60-58-56-54-52-50-48-46-44-24-22-20-18-16-14-12-10-8-6-4-2/h60,62,65-66,69-70H,3-59,61,63-64H2,1-2H3,(H,68,71)/b62-60+. The average molecular weight is 1000 g/mol. The molecule has 0 aliphatic heterocycles. The summed E-state index contributed by atoms with van der Waals surface area (Å²) in [7, 11) is 0. The predicted octanol–water partition coefficient (Wildman–Crippen LogP) is 22.4. The third-order valence-electron chi connectivity index (χ3n) is 16.0. The maximum Gasteiger partial charge on any atom is 0.220 e. The molecule has 0 fully saturated rings. The Bertz CT molecular complexity index is 998. The third-order valence-corrected chi connectivity index (χ3v) is 16.0. The molecule has 4 heteroatoms. The van der Waals surface area contributed by atoms with Crippen molar-refractivity contribution in [3.05, 3.63) is 12.2 Å². The topological polar surface area (TPSA) is 69.6 Å². The number of nitrogens with one attached hydrogen (secondary N) is 1. The van der Waals surface area contributed by atoms with Gasteiger partial charge in [-0.15, -0.1) is 0 Å². The molecule has 0 spiro atoms. The van der Waals surface area contributed by atoms with Gasteiger partial charge in [-0.05, 0) is 19.3 Å². The van der Waals surface area contributed by atoms with Crippen LogP contribution in [0.4, 0.5) is 0 Å². The van der Waals surface area contributed by atoms with Crippen molar-refractivity contribution in [1.29, 1.82) is 0 Å². The van der Waals surface area contributed by atoms with Crippen LogP contribution in [0.1, 0.15) is 393 Å². The van der Waals surface area contributed by atoms with E-state index >= 15 is 0 Å². The van der Waals surface area contributed by atoms with Gasteiger partial charge in [0.2, 0.25) is 5.91 Å². The first-order chi connectivity index (χ1) is 35.2. The van der Waals surface area contributed by atoms with Crippen LogP contribution in [0.3, 0.4) is 0 Å². The summed E-state index contributed by atoms with van der Waals surface area (Å²) in [6.45, 7) is 4.36. The smallest absolute Gasteiger partial charge is 0.220 e. The second-order valence-corrected chi connectivity index (χ2v) is 23.3. The highest BCUT2D eigenvalue weighted by atomic mass is 16.3. The highest BCUT2D eigenvalue weighted by molar-refractivity contribution is 5.76. The van der Waals surface area contributed by atoms with E-state index in [4.69, 9.17) is 0 Å². The molecule has 0 saturated carbocycles. The number of aliphatic hydroxyl groups is 2. The highest BCUT2D eigenvalue weighted by Gasteiger charge is 2.18. The molecule has 0 aliphatic carbocycles. The van der Waals surface area contributed by atoms with Crippen LogP contribution in [0.25, 0.3) is 0 Å². The van der Waals surface area contributed by atoms with Crippen LogP contribution in [0.2, 0.25) is 0 Å². The van der Waals surface area contributed by atoms with Crippen LogP contribution in [-0.4, -0.2) is 34.9 Å². The zero-order chi connectivity index (χ0) is 51.3. The molecule has 4 nitrogen and oxygen atoms in total. The van der Waals surface area contributed by atoms with Crippen molar-refractivity contribution in [2.45, 2.75) is 405 Å². The summed E-state index contributed by atoms with van der Waals surface area (Å²) in [5.41, 5.74) is 0. The van der Waals surface area contributed by atoms with Crippen molar-refractivity contribution < 1.29 is 15.0 Å². The summed E-state index contributed by atoms with van der Waals surface area (Å²) >= 11 is 0. The summed E-state index contributed by atoms with van der Waals surface area (Å²) < 4.78 is 0. The molecular weight excluding hydrogens is 867 g/mol. The van der Waals surface area contributed by atoms with Gasteiger partial charge in [0, 0.05) is 6.42 Å². The van der Waals surface area contributed by atoms with Crippen LogP contribution in [0.15, 0.2) is 12.2 Å². The number of unbranched alkanes of at least 4 members (excludes halogenated alkanes) is 56. The molecule has 0 aromatic rings. The zero-order valence-corrected chi connectivity index (χ0v) is 49.0. The number of carbonyl (C=O) groups excluding carboxylic acids is 1. The Morgan fingerprint density at radius 3 is 0.732 bits per heavy atom. The summed E-state index contributed by atoms with van der Waals surface area (Å²) in [4.78, 5) is 12.5. The fourth-order valence-electron chi connectivity index (χ4n) is 11.0. The van der Waals surface area contributed by atoms with Crippen LogP contribution in [-0.2, 0) is 4.79 Å². The first kappa shape index (κ1) is 70.1. The predicted molar refractivity (Wildman–Crippen MR) is 318 cm³/mol. The average Bonchev–Trinajstić information content (AvgIpc) is 3.37. The van der Waals surface area contributed by atoms with E-state index in [1.165, 1.54) is 347 Å². The summed E-state index contributed by atoms with van der Waals surface area (Å²) in [5, 5.41) is 23.2. The molecule has 3 N–H and O–H groups in total. The Kier molecular flexibility index (Phi) is 62.6. The molecule has 0 aromatic carbocycles. The lowest BCUT2D eigenvalue weighted by Gasteiger charge is -2.20. The van der Waals surface area contributed by atoms with E-state index in [0.717, 1.165) is 25.7 Å². The number of rotatable bonds is 63. The molecule has 1 amide bonds. The highest BCUT2D eigenvalue weighted by Crippen LogP contribution is 2.19. The first-order valence-electron chi connectivity index (χ1n) is 33.4. The van der Waals surface area contributed by atoms with Gasteiger partial charge in [0.25, 0.3) is 0 Å². The minimum absolute atomic E-state index is 0.0541. The molecule has 0 radical (unpaired) electrons. The van der Waals surface area contributed by atoms with E-state index in [1.807, 2.05) is 6.08 Å². The second kappa shape index (κ2) is 63.4. The van der Waals surface area contributed by atoms with Gasteiger partial charge in [-0.3, -0.25) is 4.79 Å². The van der Waals surface area contributed by atoms with E-state index in [9.17, 15) is 15.0 Å². The lowest BCUT2D eigenvalue weighted by molar-refractivity contribution is -0.123. The third kappa shape index (κ3) is 59.9. The van der Waals surface area contributed by atoms with E-state index in [1.54, 1.807) is 6.08 Å². The summed E-state index contributed by atoms with van der Waals surface area (Å²) in [5.74, 6) is -0.0541. The quantitative estimate of drug-likeness (QED) is 0.0420. The zero-order valence-electron chi connectivity index (χ0n) is 49.0. The monoisotopic (exact) mass is 1000 g/mol. The van der Waals surface area contributed by atoms with Crippen molar-refractivity contribution in [1.82, 2.24) is 5.32 Å². The molecular formula is C67H133NO3. The van der Waals surface area contributed by atoms with Gasteiger partial charge in [0.05, 0.1) is 18.8 Å². The maximum atomic E-state index is 12.5. The molecule has 0 aromatic heterocycles. The van der Waals surface area contributed by atoms with Crippen molar-refractivity contribution >= 4 is 5.91 Å². The minimum atomic E-state index is -0.836. The first-order valence-corrected chi connectivity index (χ1v) is 33.4. The van der Waals surface area contributed by atoms with Crippen molar-refractivity contribution in [3.8, 4) is 0 Å². The van der Waals surface area contributed by atoms with Crippen molar-refractivity contribution in [3.63, 3.8) is 0 Å². The van der Waals surface area contributed by atoms with Gasteiger partial charge in [0.1, 0.15) is 0 Å². The van der Waals surface area contributed by atoms with Crippen LogP contribution >= 0.6 is 0 Å². The fourth-order valence-corrected chi connectivity index (χ4v) is 11.0. The number of allylic oxidation sites excluding steroid dienone is 1. The molecule has 424 valence electrons. The van der Waals surface area contributed by atoms with Gasteiger partial charge in [-0.1, -0.05) is 379 Å². The van der Waals surface area contributed by atoms with Crippen LogP contribution < -0.4 is 5.32 Å². The lowest BCUT2D eigenvalue weighted by Crippen LogP contribution is -2.45. The maximum absolute atomic E-state index is 12.5. The molecule has 0 heterocycles. The van der Waals surface area contributed by atoms with Crippen molar-refractivity contribution in [2.75, 3.05) is 6.61 Å². The molecule has 0 bridgehead atoms. The molecule has 2 atom stereocenters. The summed E-state index contributed by atoms with van der Waals surface area (Å²) in [6, 6.07) is -0.619. The van der Waals surface area contributed by atoms with Crippen LogP contribution in [0, 0.1) is 0 Å². The van der Waals surface area contributed by atoms with E-state index in [-0.39, 0.29) is 12.5 Å². The van der Waals surface area contributed by atoms with Crippen LogP contribution in [0.5, 0.6) is 0 Å². The lowest BCUT2D eigenvalue weighted by atomic mass is 10.0. The number of hydrogen-bond donors (Lipinski definition) is 3. The molecule has 0 rings (SSSR count).